The van der Waals surface area contributed by atoms with E-state index in [1.54, 1.807) is 0 Å². The average molecular weight is 726 g/mol. The first-order valence-corrected chi connectivity index (χ1v) is 24.8. The molecule has 54 heavy (non-hydrogen) atoms. The van der Waals surface area contributed by atoms with Crippen LogP contribution in [0, 0.1) is 0 Å². The molecule has 0 aliphatic carbocycles. The summed E-state index contributed by atoms with van der Waals surface area (Å²) in [7, 11) is -4.49. The summed E-state index contributed by atoms with van der Waals surface area (Å²) >= 11 is 0. The second kappa shape index (κ2) is 12.3. The molecular formula is C49H39N3Si2. The SMILES string of the molecule is C[Si]1(C)c2c(-c3ccccc3)cccc2-c2cccc(-c3nc(-c4ccccc4)nc(-c4cccc5c4[Si](C)(C)c4c(-c6ccccc6)cccc4-5)n3)c21. The Balaban J connectivity index is 1.19. The third kappa shape index (κ3) is 4.89. The van der Waals surface area contributed by atoms with E-state index in [1.165, 1.54) is 65.3 Å². The second-order valence-corrected chi connectivity index (χ2v) is 24.1. The van der Waals surface area contributed by atoms with E-state index in [0.717, 1.165) is 28.3 Å². The molecule has 0 bridgehead atoms. The third-order valence-electron chi connectivity index (χ3n) is 11.7. The molecule has 2 aliphatic rings. The van der Waals surface area contributed by atoms with Crippen LogP contribution in [0.25, 0.3) is 78.7 Å². The highest BCUT2D eigenvalue weighted by Crippen LogP contribution is 2.39. The Labute approximate surface area is 319 Å². The summed E-state index contributed by atoms with van der Waals surface area (Å²) in [4.78, 5) is 16.1. The Morgan fingerprint density at radius 1 is 0.259 bits per heavy atom. The maximum Gasteiger partial charge on any atom is 0.164 e. The van der Waals surface area contributed by atoms with Gasteiger partial charge in [-0.1, -0.05) is 190 Å². The number of fused-ring (bicyclic) bond motifs is 6. The van der Waals surface area contributed by atoms with Crippen molar-refractivity contribution < 1.29 is 0 Å². The van der Waals surface area contributed by atoms with Crippen LogP contribution in [0.5, 0.6) is 0 Å². The van der Waals surface area contributed by atoms with Gasteiger partial charge >= 0.3 is 0 Å². The first-order valence-electron chi connectivity index (χ1n) is 18.8. The van der Waals surface area contributed by atoms with Crippen LogP contribution in [0.3, 0.4) is 0 Å². The van der Waals surface area contributed by atoms with Crippen LogP contribution >= 0.6 is 0 Å². The van der Waals surface area contributed by atoms with Crippen molar-refractivity contribution in [2.45, 2.75) is 26.2 Å². The van der Waals surface area contributed by atoms with Crippen molar-refractivity contribution in [1.29, 1.82) is 0 Å². The number of nitrogens with zero attached hydrogens (tertiary/aromatic N) is 3. The van der Waals surface area contributed by atoms with Crippen LogP contribution in [0.2, 0.25) is 26.2 Å². The Morgan fingerprint density at radius 3 is 0.907 bits per heavy atom. The normalized spacial score (nSPS) is 14.2. The summed E-state index contributed by atoms with van der Waals surface area (Å²) in [5.74, 6) is 2.18. The van der Waals surface area contributed by atoms with Crippen molar-refractivity contribution in [3.8, 4) is 78.7 Å². The van der Waals surface area contributed by atoms with Crippen molar-refractivity contribution in [3.63, 3.8) is 0 Å². The fourth-order valence-electron chi connectivity index (χ4n) is 9.47. The molecule has 0 amide bonds. The van der Waals surface area contributed by atoms with Crippen molar-refractivity contribution in [1.82, 2.24) is 15.0 Å². The predicted octanol–water partition coefficient (Wildman–Crippen LogP) is 9.81. The smallest absolute Gasteiger partial charge is 0.164 e. The number of aromatic nitrogens is 3. The van der Waals surface area contributed by atoms with Crippen LogP contribution in [0.1, 0.15) is 0 Å². The fourth-order valence-corrected chi connectivity index (χ4v) is 17.1. The number of benzene rings is 7. The highest BCUT2D eigenvalue weighted by Gasteiger charge is 2.43. The van der Waals surface area contributed by atoms with Crippen LogP contribution < -0.4 is 20.7 Å². The van der Waals surface area contributed by atoms with E-state index in [4.69, 9.17) is 15.0 Å². The molecule has 8 aromatic rings. The van der Waals surface area contributed by atoms with E-state index in [2.05, 4.69) is 184 Å². The minimum absolute atomic E-state index is 0.700. The molecule has 3 heterocycles. The molecule has 5 heteroatoms. The topological polar surface area (TPSA) is 38.7 Å². The summed E-state index contributed by atoms with van der Waals surface area (Å²) in [6.07, 6.45) is 0. The maximum atomic E-state index is 5.49. The average Bonchev–Trinajstić information content (AvgIpc) is 3.61. The van der Waals surface area contributed by atoms with Gasteiger partial charge in [-0.05, 0) is 65.3 Å². The van der Waals surface area contributed by atoms with E-state index in [1.807, 2.05) is 6.07 Å². The summed E-state index contributed by atoms with van der Waals surface area (Å²) in [5, 5.41) is 5.76. The third-order valence-corrected chi connectivity index (χ3v) is 18.8. The van der Waals surface area contributed by atoms with E-state index < -0.39 is 16.1 Å². The zero-order valence-electron chi connectivity index (χ0n) is 30.9. The largest absolute Gasteiger partial charge is 0.208 e. The predicted molar refractivity (Wildman–Crippen MR) is 231 cm³/mol. The van der Waals surface area contributed by atoms with Crippen molar-refractivity contribution >= 4 is 36.9 Å². The highest BCUT2D eigenvalue weighted by molar-refractivity contribution is 7.06. The molecule has 0 radical (unpaired) electrons. The van der Waals surface area contributed by atoms with Crippen LogP contribution in [0.4, 0.5) is 0 Å². The summed E-state index contributed by atoms with van der Waals surface area (Å²) in [6, 6.07) is 59.2. The van der Waals surface area contributed by atoms with Gasteiger partial charge in [0, 0.05) is 16.7 Å². The molecule has 7 aromatic carbocycles. The van der Waals surface area contributed by atoms with Gasteiger partial charge in [0.15, 0.2) is 17.5 Å². The van der Waals surface area contributed by atoms with Crippen molar-refractivity contribution in [2.24, 2.45) is 0 Å². The monoisotopic (exact) mass is 725 g/mol. The lowest BCUT2D eigenvalue weighted by Gasteiger charge is -2.25. The van der Waals surface area contributed by atoms with Gasteiger partial charge < -0.3 is 0 Å². The Hall–Kier alpha value is -6.02. The Bertz CT molecular complexity index is 2590. The molecule has 2 aliphatic heterocycles. The molecule has 0 atom stereocenters. The van der Waals surface area contributed by atoms with Crippen molar-refractivity contribution in [2.75, 3.05) is 0 Å². The Morgan fingerprint density at radius 2 is 0.537 bits per heavy atom. The van der Waals surface area contributed by atoms with Gasteiger partial charge in [0.2, 0.25) is 0 Å². The van der Waals surface area contributed by atoms with E-state index in [-0.39, 0.29) is 0 Å². The summed E-state index contributed by atoms with van der Waals surface area (Å²) < 4.78 is 0. The molecule has 10 rings (SSSR count). The molecule has 3 nitrogen and oxygen atoms in total. The van der Waals surface area contributed by atoms with Gasteiger partial charge in [0.1, 0.15) is 16.1 Å². The maximum absolute atomic E-state index is 5.49. The van der Waals surface area contributed by atoms with Crippen LogP contribution in [-0.4, -0.2) is 31.1 Å². The van der Waals surface area contributed by atoms with E-state index in [9.17, 15) is 0 Å². The van der Waals surface area contributed by atoms with Gasteiger partial charge in [-0.25, -0.2) is 15.0 Å². The molecule has 0 saturated carbocycles. The lowest BCUT2D eigenvalue weighted by Crippen LogP contribution is -2.51. The molecule has 0 unspecified atom stereocenters. The molecule has 0 fully saturated rings. The van der Waals surface area contributed by atoms with E-state index in [0.29, 0.717) is 5.82 Å². The zero-order chi connectivity index (χ0) is 36.6. The molecule has 0 saturated heterocycles. The first-order chi connectivity index (χ1) is 26.3. The van der Waals surface area contributed by atoms with Gasteiger partial charge in [-0.15, -0.1) is 0 Å². The van der Waals surface area contributed by atoms with Gasteiger partial charge in [-0.3, -0.25) is 0 Å². The lowest BCUT2D eigenvalue weighted by atomic mass is 9.97. The van der Waals surface area contributed by atoms with Crippen LogP contribution in [0.15, 0.2) is 164 Å². The minimum Gasteiger partial charge on any atom is -0.208 e. The lowest BCUT2D eigenvalue weighted by molar-refractivity contribution is 1.08. The Kier molecular flexibility index (Phi) is 7.41. The van der Waals surface area contributed by atoms with Gasteiger partial charge in [-0.2, -0.15) is 0 Å². The van der Waals surface area contributed by atoms with Crippen molar-refractivity contribution in [3.05, 3.63) is 164 Å². The fraction of sp³-hybridized carbons (Fsp3) is 0.0816. The number of rotatable bonds is 5. The molecular weight excluding hydrogens is 687 g/mol. The second-order valence-electron chi connectivity index (χ2n) is 15.6. The zero-order valence-corrected chi connectivity index (χ0v) is 32.9. The summed E-state index contributed by atoms with van der Waals surface area (Å²) in [5.41, 5.74) is 13.7. The minimum atomic E-state index is -2.24. The summed E-state index contributed by atoms with van der Waals surface area (Å²) in [6.45, 7) is 9.97. The standard InChI is InChI=1S/C49H39N3Si2/c1-53(2)43-35(32-18-8-5-9-19-32)24-14-26-37(43)39-28-16-30-41(45(39)53)48-50-47(34-22-12-7-13-23-34)51-49(52-48)42-31-17-29-40-38-27-15-25-36(33-20-10-6-11-21-33)44(38)54(3,4)46(40)42/h5-31H,1-4H3. The molecule has 0 N–H and O–H groups in total. The van der Waals surface area contributed by atoms with Crippen LogP contribution in [-0.2, 0) is 0 Å². The molecule has 1 aromatic heterocycles. The van der Waals surface area contributed by atoms with Gasteiger partial charge in [0.05, 0.1) is 0 Å². The molecule has 0 spiro atoms. The first kappa shape index (κ1) is 32.6. The number of hydrogen-bond acceptors (Lipinski definition) is 3. The van der Waals surface area contributed by atoms with Gasteiger partial charge in [0.25, 0.3) is 0 Å². The van der Waals surface area contributed by atoms with E-state index >= 15 is 0 Å². The highest BCUT2D eigenvalue weighted by atomic mass is 28.3. The quantitative estimate of drug-likeness (QED) is 0.166. The molecule has 258 valence electrons. The number of hydrogen-bond donors (Lipinski definition) is 0.